The van der Waals surface area contributed by atoms with Crippen molar-refractivity contribution in [2.24, 2.45) is 0 Å². The van der Waals surface area contributed by atoms with Crippen molar-refractivity contribution in [2.75, 3.05) is 6.61 Å². The monoisotopic (exact) mass is 291 g/mol. The van der Waals surface area contributed by atoms with Gasteiger partial charge in [-0.1, -0.05) is 38.0 Å². The Kier molecular flexibility index (Phi) is 4.83. The van der Waals surface area contributed by atoms with E-state index in [0.717, 1.165) is 24.8 Å². The largest absolute Gasteiger partial charge is 0.483 e. The van der Waals surface area contributed by atoms with E-state index in [1.54, 1.807) is 0 Å². The van der Waals surface area contributed by atoms with Crippen molar-refractivity contribution in [3.05, 3.63) is 29.8 Å². The molecule has 2 N–H and O–H groups in total. The molecule has 0 bridgehead atoms. The topological polar surface area (TPSA) is 75.6 Å². The summed E-state index contributed by atoms with van der Waals surface area (Å²) in [4.78, 5) is 23.4. The first kappa shape index (κ1) is 15.4. The number of aryl methyl sites for hydroxylation is 1. The number of ether oxygens (including phenoxy) is 1. The molecule has 1 amide bonds. The Balaban J connectivity index is 1.94. The second-order valence-corrected chi connectivity index (χ2v) is 5.39. The van der Waals surface area contributed by atoms with Gasteiger partial charge >= 0.3 is 5.97 Å². The fourth-order valence-corrected chi connectivity index (χ4v) is 2.75. The van der Waals surface area contributed by atoms with E-state index >= 15 is 0 Å². The lowest BCUT2D eigenvalue weighted by Gasteiger charge is -2.25. The number of amides is 1. The van der Waals surface area contributed by atoms with Crippen molar-refractivity contribution < 1.29 is 19.4 Å². The summed E-state index contributed by atoms with van der Waals surface area (Å²) in [5.41, 5.74) is -0.0795. The molecule has 1 saturated carbocycles. The Morgan fingerprint density at radius 3 is 2.57 bits per heavy atom. The highest BCUT2D eigenvalue weighted by Crippen LogP contribution is 2.29. The van der Waals surface area contributed by atoms with E-state index in [2.05, 4.69) is 5.32 Å². The minimum absolute atomic E-state index is 0.161. The lowest BCUT2D eigenvalue weighted by Crippen LogP contribution is -2.53. The fourth-order valence-electron chi connectivity index (χ4n) is 2.75. The van der Waals surface area contributed by atoms with Gasteiger partial charge in [0.25, 0.3) is 5.91 Å². The molecule has 5 nitrogen and oxygen atoms in total. The Hall–Kier alpha value is -2.04. The first-order valence-electron chi connectivity index (χ1n) is 7.32. The number of nitrogens with one attached hydrogen (secondary N) is 1. The second kappa shape index (κ2) is 6.61. The van der Waals surface area contributed by atoms with Gasteiger partial charge in [0.2, 0.25) is 0 Å². The maximum atomic E-state index is 12.0. The summed E-state index contributed by atoms with van der Waals surface area (Å²) in [5.74, 6) is -0.668. The molecule has 114 valence electrons. The Bertz CT molecular complexity index is 521. The van der Waals surface area contributed by atoms with E-state index in [1.807, 2.05) is 31.2 Å². The van der Waals surface area contributed by atoms with Crippen LogP contribution < -0.4 is 10.1 Å². The third kappa shape index (κ3) is 3.54. The Morgan fingerprint density at radius 1 is 1.29 bits per heavy atom. The van der Waals surface area contributed by atoms with Crippen LogP contribution in [0, 0.1) is 0 Å². The number of carboxylic acids is 1. The van der Waals surface area contributed by atoms with Crippen LogP contribution in [-0.2, 0) is 16.0 Å². The molecule has 0 heterocycles. The third-order valence-electron chi connectivity index (χ3n) is 3.96. The molecule has 0 aromatic heterocycles. The van der Waals surface area contributed by atoms with Crippen molar-refractivity contribution in [1.29, 1.82) is 0 Å². The normalized spacial score (nSPS) is 16.4. The van der Waals surface area contributed by atoms with Crippen LogP contribution in [0.15, 0.2) is 24.3 Å². The van der Waals surface area contributed by atoms with Crippen molar-refractivity contribution in [3.63, 3.8) is 0 Å². The predicted molar refractivity (Wildman–Crippen MR) is 78.3 cm³/mol. The van der Waals surface area contributed by atoms with E-state index in [1.165, 1.54) is 0 Å². The first-order chi connectivity index (χ1) is 10.1. The molecule has 1 aliphatic rings. The summed E-state index contributed by atoms with van der Waals surface area (Å²) in [6.45, 7) is 1.85. The maximum absolute atomic E-state index is 12.0. The predicted octanol–water partition coefficient (Wildman–Crippen LogP) is 2.14. The number of aliphatic carboxylic acids is 1. The third-order valence-corrected chi connectivity index (χ3v) is 3.96. The van der Waals surface area contributed by atoms with E-state index in [9.17, 15) is 14.7 Å². The molecular weight excluding hydrogens is 270 g/mol. The molecule has 0 spiro atoms. The highest BCUT2D eigenvalue weighted by atomic mass is 16.5. The molecule has 0 unspecified atom stereocenters. The minimum Gasteiger partial charge on any atom is -0.483 e. The number of benzene rings is 1. The zero-order valence-electron chi connectivity index (χ0n) is 12.2. The molecule has 1 aromatic rings. The number of carbonyl (C=O) groups is 2. The summed E-state index contributed by atoms with van der Waals surface area (Å²) in [7, 11) is 0. The van der Waals surface area contributed by atoms with Gasteiger partial charge in [0.1, 0.15) is 11.3 Å². The van der Waals surface area contributed by atoms with Gasteiger partial charge in [0, 0.05) is 0 Å². The number of para-hydroxylation sites is 1. The molecule has 1 aliphatic carbocycles. The van der Waals surface area contributed by atoms with Crippen molar-refractivity contribution in [1.82, 2.24) is 5.32 Å². The summed E-state index contributed by atoms with van der Waals surface area (Å²) in [6.07, 6.45) is 3.44. The zero-order chi connectivity index (χ0) is 15.3. The Labute approximate surface area is 124 Å². The molecule has 21 heavy (non-hydrogen) atoms. The maximum Gasteiger partial charge on any atom is 0.329 e. The lowest BCUT2D eigenvalue weighted by atomic mass is 9.98. The Morgan fingerprint density at radius 2 is 1.95 bits per heavy atom. The van der Waals surface area contributed by atoms with Gasteiger partial charge < -0.3 is 15.2 Å². The van der Waals surface area contributed by atoms with Crippen molar-refractivity contribution >= 4 is 11.9 Å². The molecule has 2 rings (SSSR count). The van der Waals surface area contributed by atoms with Gasteiger partial charge in [0.05, 0.1) is 0 Å². The smallest absolute Gasteiger partial charge is 0.329 e. The highest BCUT2D eigenvalue weighted by molar-refractivity contribution is 5.87. The van der Waals surface area contributed by atoms with Gasteiger partial charge in [-0.2, -0.15) is 0 Å². The van der Waals surface area contributed by atoms with Crippen molar-refractivity contribution in [2.45, 2.75) is 44.6 Å². The molecule has 1 fully saturated rings. The molecule has 1 aromatic carbocycles. The van der Waals surface area contributed by atoms with Gasteiger partial charge in [-0.05, 0) is 30.9 Å². The molecule has 0 radical (unpaired) electrons. The minimum atomic E-state index is -1.11. The summed E-state index contributed by atoms with van der Waals surface area (Å²) < 4.78 is 5.52. The van der Waals surface area contributed by atoms with Gasteiger partial charge in [-0.25, -0.2) is 4.79 Å². The molecule has 0 aliphatic heterocycles. The van der Waals surface area contributed by atoms with E-state index < -0.39 is 11.5 Å². The average molecular weight is 291 g/mol. The van der Waals surface area contributed by atoms with Crippen molar-refractivity contribution in [3.8, 4) is 5.75 Å². The number of carboxylic acid groups (broad SMARTS) is 1. The highest BCUT2D eigenvalue weighted by Gasteiger charge is 2.42. The quantitative estimate of drug-likeness (QED) is 0.842. The molecule has 5 heteroatoms. The summed E-state index contributed by atoms with van der Waals surface area (Å²) in [6, 6.07) is 7.53. The van der Waals surface area contributed by atoms with Crippen LogP contribution in [0.2, 0.25) is 0 Å². The van der Waals surface area contributed by atoms with Gasteiger partial charge in [-0.3, -0.25) is 4.79 Å². The molecule has 0 atom stereocenters. The second-order valence-electron chi connectivity index (χ2n) is 5.39. The van der Waals surface area contributed by atoms with E-state index in [0.29, 0.717) is 18.6 Å². The van der Waals surface area contributed by atoms with Crippen LogP contribution in [-0.4, -0.2) is 29.1 Å². The van der Waals surface area contributed by atoms with Crippen LogP contribution in [0.1, 0.15) is 38.2 Å². The van der Waals surface area contributed by atoms with Crippen LogP contribution in [0.3, 0.4) is 0 Å². The zero-order valence-corrected chi connectivity index (χ0v) is 12.2. The van der Waals surface area contributed by atoms with Crippen LogP contribution in [0.5, 0.6) is 5.75 Å². The van der Waals surface area contributed by atoms with Crippen LogP contribution >= 0.6 is 0 Å². The first-order valence-corrected chi connectivity index (χ1v) is 7.32. The number of carbonyl (C=O) groups excluding carboxylic acids is 1. The van der Waals surface area contributed by atoms with Crippen LogP contribution in [0.4, 0.5) is 0 Å². The fraction of sp³-hybridized carbons (Fsp3) is 0.500. The molecular formula is C16H21NO4. The van der Waals surface area contributed by atoms with Gasteiger partial charge in [-0.15, -0.1) is 0 Å². The van der Waals surface area contributed by atoms with Crippen LogP contribution in [0.25, 0.3) is 0 Å². The van der Waals surface area contributed by atoms with E-state index in [4.69, 9.17) is 4.74 Å². The average Bonchev–Trinajstić information content (AvgIpc) is 2.95. The number of rotatable bonds is 6. The standard InChI is InChI=1S/C16H21NO4/c1-2-12-7-3-4-8-13(12)21-11-14(18)17-16(15(19)20)9-5-6-10-16/h3-4,7-8H,2,5-6,9-11H2,1H3,(H,17,18)(H,19,20). The molecule has 0 saturated heterocycles. The summed E-state index contributed by atoms with van der Waals surface area (Å²) >= 11 is 0. The summed E-state index contributed by atoms with van der Waals surface area (Å²) in [5, 5.41) is 12.0. The SMILES string of the molecule is CCc1ccccc1OCC(=O)NC1(C(=O)O)CCCC1. The lowest BCUT2D eigenvalue weighted by molar-refractivity contribution is -0.147. The number of hydrogen-bond acceptors (Lipinski definition) is 3. The number of hydrogen-bond donors (Lipinski definition) is 2. The van der Waals surface area contributed by atoms with E-state index in [-0.39, 0.29) is 12.5 Å². The van der Waals surface area contributed by atoms with Gasteiger partial charge in [0.15, 0.2) is 6.61 Å².